The van der Waals surface area contributed by atoms with E-state index >= 15 is 0 Å². The average Bonchev–Trinajstić information content (AvgIpc) is 3.73. The van der Waals surface area contributed by atoms with E-state index in [-0.39, 0.29) is 5.41 Å². The van der Waals surface area contributed by atoms with Crippen LogP contribution in [0.5, 0.6) is 0 Å². The van der Waals surface area contributed by atoms with Gasteiger partial charge in [-0.1, -0.05) is 168 Å². The van der Waals surface area contributed by atoms with E-state index in [1.165, 1.54) is 113 Å². The summed E-state index contributed by atoms with van der Waals surface area (Å²) in [6.45, 7) is 4.70. The SMILES string of the molecule is CCCCCC(CC)(c1ccc(N(c2ccccc2)c2ccc(C3CCCCC3)cc2)cc1)c1ccc(N(c2ccccc2)c2cccc3c2c2ccccc2n3-c2ccccc2)cc1. The molecule has 1 unspecified atom stereocenters. The largest absolute Gasteiger partial charge is 0.311 e. The fourth-order valence-electron chi connectivity index (χ4n) is 11.0. The Kier molecular flexibility index (Phi) is 12.4. The summed E-state index contributed by atoms with van der Waals surface area (Å²) in [5.41, 5.74) is 14.7. The molecule has 9 aromatic rings. The van der Waals surface area contributed by atoms with Crippen molar-refractivity contribution in [3.05, 3.63) is 223 Å². The van der Waals surface area contributed by atoms with Crippen molar-refractivity contribution in [2.75, 3.05) is 9.80 Å². The number of para-hydroxylation sites is 4. The van der Waals surface area contributed by atoms with Crippen molar-refractivity contribution in [3.8, 4) is 5.69 Å². The molecule has 0 radical (unpaired) electrons. The third-order valence-electron chi connectivity index (χ3n) is 14.4. The molecule has 324 valence electrons. The summed E-state index contributed by atoms with van der Waals surface area (Å²) in [5, 5.41) is 2.48. The molecule has 3 nitrogen and oxygen atoms in total. The van der Waals surface area contributed by atoms with Crippen molar-refractivity contribution in [1.29, 1.82) is 0 Å². The Labute approximate surface area is 386 Å². The Morgan fingerprint density at radius 3 is 1.57 bits per heavy atom. The highest BCUT2D eigenvalue weighted by Gasteiger charge is 2.33. The van der Waals surface area contributed by atoms with Crippen molar-refractivity contribution in [2.45, 2.75) is 89.4 Å². The quantitative estimate of drug-likeness (QED) is 0.0952. The van der Waals surface area contributed by atoms with Gasteiger partial charge in [0.1, 0.15) is 0 Å². The molecule has 0 aliphatic heterocycles. The minimum atomic E-state index is -0.133. The van der Waals surface area contributed by atoms with Gasteiger partial charge in [-0.2, -0.15) is 0 Å². The zero-order valence-electron chi connectivity index (χ0n) is 38.1. The topological polar surface area (TPSA) is 11.4 Å². The zero-order chi connectivity index (χ0) is 44.0. The number of aromatic nitrogens is 1. The van der Waals surface area contributed by atoms with Gasteiger partial charge in [0.25, 0.3) is 0 Å². The first-order valence-electron chi connectivity index (χ1n) is 24.3. The molecule has 8 aromatic carbocycles. The van der Waals surface area contributed by atoms with Crippen LogP contribution in [-0.4, -0.2) is 4.57 Å². The summed E-state index contributed by atoms with van der Waals surface area (Å²) in [4.78, 5) is 4.87. The fraction of sp³-hybridized carbons (Fsp3) is 0.226. The lowest BCUT2D eigenvalue weighted by atomic mass is 9.69. The van der Waals surface area contributed by atoms with Gasteiger partial charge < -0.3 is 14.4 Å². The van der Waals surface area contributed by atoms with E-state index in [4.69, 9.17) is 0 Å². The van der Waals surface area contributed by atoms with Crippen molar-refractivity contribution < 1.29 is 0 Å². The van der Waals surface area contributed by atoms with Crippen LogP contribution in [0.1, 0.15) is 101 Å². The number of hydrogen-bond donors (Lipinski definition) is 0. The first-order valence-corrected chi connectivity index (χ1v) is 24.3. The molecule has 1 saturated carbocycles. The molecule has 65 heavy (non-hydrogen) atoms. The van der Waals surface area contributed by atoms with Crippen LogP contribution in [0.3, 0.4) is 0 Å². The van der Waals surface area contributed by atoms with Gasteiger partial charge in [-0.05, 0) is 139 Å². The summed E-state index contributed by atoms with van der Waals surface area (Å²) in [5.74, 6) is 0.690. The summed E-state index contributed by atoms with van der Waals surface area (Å²) < 4.78 is 2.41. The van der Waals surface area contributed by atoms with Gasteiger partial charge in [0.15, 0.2) is 0 Å². The first kappa shape index (κ1) is 42.1. The van der Waals surface area contributed by atoms with Crippen LogP contribution >= 0.6 is 0 Å². The van der Waals surface area contributed by atoms with Gasteiger partial charge in [0, 0.05) is 50.3 Å². The van der Waals surface area contributed by atoms with Crippen LogP contribution in [0.2, 0.25) is 0 Å². The summed E-state index contributed by atoms with van der Waals surface area (Å²) in [6.07, 6.45) is 12.4. The Balaban J connectivity index is 1.04. The molecular weight excluding hydrogens is 787 g/mol. The molecule has 1 aliphatic rings. The smallest absolute Gasteiger partial charge is 0.0562 e. The number of hydrogen-bond acceptors (Lipinski definition) is 2. The van der Waals surface area contributed by atoms with Crippen molar-refractivity contribution in [3.63, 3.8) is 0 Å². The van der Waals surface area contributed by atoms with Crippen LogP contribution in [0.4, 0.5) is 34.1 Å². The first-order chi connectivity index (χ1) is 32.2. The molecule has 0 amide bonds. The van der Waals surface area contributed by atoms with Gasteiger partial charge in [0.2, 0.25) is 0 Å². The van der Waals surface area contributed by atoms with Crippen LogP contribution in [0.25, 0.3) is 27.5 Å². The molecular formula is C62H61N3. The monoisotopic (exact) mass is 847 g/mol. The second-order valence-electron chi connectivity index (χ2n) is 18.1. The maximum absolute atomic E-state index is 2.45. The van der Waals surface area contributed by atoms with Gasteiger partial charge in [0.05, 0.1) is 16.7 Å². The van der Waals surface area contributed by atoms with E-state index in [2.05, 4.69) is 234 Å². The third-order valence-corrected chi connectivity index (χ3v) is 14.4. The summed E-state index contributed by atoms with van der Waals surface area (Å²) in [6, 6.07) is 76.7. The number of fused-ring (bicyclic) bond motifs is 3. The molecule has 0 saturated heterocycles. The normalized spacial score (nSPS) is 14.1. The molecule has 1 atom stereocenters. The average molecular weight is 848 g/mol. The number of benzene rings is 8. The van der Waals surface area contributed by atoms with Gasteiger partial charge in [-0.25, -0.2) is 0 Å². The molecule has 1 fully saturated rings. The predicted molar refractivity (Wildman–Crippen MR) is 278 cm³/mol. The van der Waals surface area contributed by atoms with E-state index in [0.29, 0.717) is 5.92 Å². The molecule has 1 aliphatic carbocycles. The van der Waals surface area contributed by atoms with Gasteiger partial charge in [-0.15, -0.1) is 0 Å². The molecule has 10 rings (SSSR count). The van der Waals surface area contributed by atoms with Gasteiger partial charge >= 0.3 is 0 Å². The minimum absolute atomic E-state index is 0.133. The number of unbranched alkanes of at least 4 members (excludes halogenated alkanes) is 2. The lowest BCUT2D eigenvalue weighted by Crippen LogP contribution is -2.27. The van der Waals surface area contributed by atoms with Crippen molar-refractivity contribution in [2.24, 2.45) is 0 Å². The van der Waals surface area contributed by atoms with Crippen LogP contribution in [-0.2, 0) is 5.41 Å². The Hall–Kier alpha value is -6.84. The van der Waals surface area contributed by atoms with E-state index < -0.39 is 0 Å². The second-order valence-corrected chi connectivity index (χ2v) is 18.1. The number of nitrogens with zero attached hydrogens (tertiary/aromatic N) is 3. The van der Waals surface area contributed by atoms with E-state index in [1.807, 2.05) is 0 Å². The highest BCUT2D eigenvalue weighted by Crippen LogP contribution is 2.47. The van der Waals surface area contributed by atoms with E-state index in [0.717, 1.165) is 29.9 Å². The predicted octanol–water partition coefficient (Wildman–Crippen LogP) is 18.0. The minimum Gasteiger partial charge on any atom is -0.311 e. The fourth-order valence-corrected chi connectivity index (χ4v) is 11.0. The number of anilines is 6. The number of rotatable bonds is 15. The highest BCUT2D eigenvalue weighted by atomic mass is 15.2. The molecule has 1 aromatic heterocycles. The third kappa shape index (κ3) is 8.25. The molecule has 0 N–H and O–H groups in total. The molecule has 0 spiro atoms. The maximum Gasteiger partial charge on any atom is 0.0562 e. The van der Waals surface area contributed by atoms with E-state index in [9.17, 15) is 0 Å². The Morgan fingerprint density at radius 1 is 0.462 bits per heavy atom. The lowest BCUT2D eigenvalue weighted by molar-refractivity contribution is 0.431. The Morgan fingerprint density at radius 2 is 0.969 bits per heavy atom. The molecule has 1 heterocycles. The standard InChI is InChI=1S/C62H61N3/c1-3-5-20-46-62(4-2,49-36-42-55(43-37-49)63(51-24-12-7-13-25-51)54-40-34-48(35-41-54)47-22-10-6-11-23-47)50-38-44-56(45-39-50)64(52-26-14-8-15-27-52)59-32-21-33-60-61(59)57-30-18-19-31-58(57)65(60)53-28-16-9-17-29-53/h7-9,12-19,21,24-45,47H,3-6,10-11,20,22-23,46H2,1-2H3. The van der Waals surface area contributed by atoms with Gasteiger partial charge in [-0.3, -0.25) is 0 Å². The van der Waals surface area contributed by atoms with Crippen LogP contribution in [0, 0.1) is 0 Å². The van der Waals surface area contributed by atoms with Crippen LogP contribution < -0.4 is 9.80 Å². The highest BCUT2D eigenvalue weighted by molar-refractivity contribution is 6.16. The zero-order valence-corrected chi connectivity index (χ0v) is 38.1. The van der Waals surface area contributed by atoms with Crippen LogP contribution in [0.15, 0.2) is 206 Å². The Bertz CT molecular complexity index is 2930. The molecule has 0 bridgehead atoms. The molecule has 3 heteroatoms. The van der Waals surface area contributed by atoms with Crippen molar-refractivity contribution >= 4 is 55.9 Å². The summed E-state index contributed by atoms with van der Waals surface area (Å²) in [7, 11) is 0. The van der Waals surface area contributed by atoms with E-state index in [1.54, 1.807) is 0 Å². The maximum atomic E-state index is 2.45. The summed E-state index contributed by atoms with van der Waals surface area (Å²) >= 11 is 0. The second kappa shape index (κ2) is 19.1. The lowest BCUT2D eigenvalue weighted by Gasteiger charge is -2.36. The van der Waals surface area contributed by atoms with Crippen molar-refractivity contribution in [1.82, 2.24) is 4.57 Å².